The third-order valence-corrected chi connectivity index (χ3v) is 17.2. The molecule has 8 heteroatoms. The van der Waals surface area contributed by atoms with E-state index in [9.17, 15) is 24.6 Å². The summed E-state index contributed by atoms with van der Waals surface area (Å²) >= 11 is 0. The molecule has 0 bridgehead atoms. The lowest BCUT2D eigenvalue weighted by atomic mass is 9.43. The zero-order valence-corrected chi connectivity index (χ0v) is 31.5. The van der Waals surface area contributed by atoms with Gasteiger partial charge in [0.1, 0.15) is 6.10 Å². The Hall–Kier alpha value is -0.0100. The SMILES string of the molecule is CCCCCCCCCCC1(OC2C[C@@H](O)[C@H](CO)O2)CC[C@]2(C)C3CC[C@@]4(C)C(CC[C@@H]4[C@H](C)CCC)C3CCC2(P(=O)(O)O)C1. The van der Waals surface area contributed by atoms with Gasteiger partial charge in [-0.05, 0) is 105 Å². The highest BCUT2D eigenvalue weighted by Gasteiger charge is 2.72. The molecule has 0 spiro atoms. The minimum atomic E-state index is -4.53. The molecule has 7 nitrogen and oxygen atoms in total. The van der Waals surface area contributed by atoms with E-state index in [2.05, 4.69) is 34.6 Å². The summed E-state index contributed by atoms with van der Waals surface area (Å²) in [6, 6.07) is 0. The molecule has 1 heterocycles. The number of aliphatic hydroxyl groups excluding tert-OH is 2. The van der Waals surface area contributed by atoms with Crippen molar-refractivity contribution < 1.29 is 34.0 Å². The van der Waals surface area contributed by atoms with E-state index in [1.807, 2.05) is 0 Å². The van der Waals surface area contributed by atoms with Crippen LogP contribution in [0.5, 0.6) is 0 Å². The summed E-state index contributed by atoms with van der Waals surface area (Å²) in [4.78, 5) is 22.9. The monoisotopic (exact) mass is 682 g/mol. The molecule has 6 unspecified atom stereocenters. The predicted molar refractivity (Wildman–Crippen MR) is 188 cm³/mol. The number of hydrogen-bond acceptors (Lipinski definition) is 5. The normalized spacial score (nSPS) is 44.1. The molecule has 4 aliphatic carbocycles. The second kappa shape index (κ2) is 15.3. The molecular formula is C39H71O7P. The molecule has 0 aromatic rings. The molecular weight excluding hydrogens is 611 g/mol. The quantitative estimate of drug-likeness (QED) is 0.0948. The van der Waals surface area contributed by atoms with Gasteiger partial charge in [0.2, 0.25) is 0 Å². The highest BCUT2D eigenvalue weighted by Crippen LogP contribution is 2.77. The molecule has 274 valence electrons. The molecule has 0 amide bonds. The van der Waals surface area contributed by atoms with Crippen LogP contribution in [0, 0.1) is 40.4 Å². The summed E-state index contributed by atoms with van der Waals surface area (Å²) in [6.45, 7) is 11.6. The van der Waals surface area contributed by atoms with Gasteiger partial charge in [-0.25, -0.2) is 0 Å². The average Bonchev–Trinajstić information content (AvgIpc) is 3.56. The summed E-state index contributed by atoms with van der Waals surface area (Å²) in [7, 11) is -4.53. The fraction of sp³-hybridized carbons (Fsp3) is 1.00. The Labute approximate surface area is 286 Å². The topological polar surface area (TPSA) is 116 Å². The number of hydrogen-bond donors (Lipinski definition) is 4. The highest BCUT2D eigenvalue weighted by molar-refractivity contribution is 7.53. The summed E-state index contributed by atoms with van der Waals surface area (Å²) in [5.41, 5.74) is -0.808. The largest absolute Gasteiger partial charge is 0.394 e. The van der Waals surface area contributed by atoms with Gasteiger partial charge in [-0.2, -0.15) is 0 Å². The third-order valence-electron chi connectivity index (χ3n) is 15.2. The van der Waals surface area contributed by atoms with E-state index in [1.54, 1.807) is 0 Å². The van der Waals surface area contributed by atoms with Crippen LogP contribution in [-0.2, 0) is 14.0 Å². The van der Waals surface area contributed by atoms with Gasteiger partial charge in [-0.15, -0.1) is 0 Å². The van der Waals surface area contributed by atoms with Crippen molar-refractivity contribution in [1.29, 1.82) is 0 Å². The molecule has 4 saturated carbocycles. The second-order valence-electron chi connectivity index (χ2n) is 17.7. The number of rotatable bonds is 16. The van der Waals surface area contributed by atoms with Crippen LogP contribution in [-0.4, -0.2) is 55.9 Å². The molecule has 5 aliphatic rings. The lowest BCUT2D eigenvalue weighted by Crippen LogP contribution is -2.65. The Morgan fingerprint density at radius 2 is 1.57 bits per heavy atom. The van der Waals surface area contributed by atoms with Crippen LogP contribution in [0.25, 0.3) is 0 Å². The van der Waals surface area contributed by atoms with Gasteiger partial charge in [0.25, 0.3) is 0 Å². The maximum Gasteiger partial charge on any atom is 0.332 e. The zero-order valence-electron chi connectivity index (χ0n) is 30.6. The Morgan fingerprint density at radius 3 is 2.21 bits per heavy atom. The first-order chi connectivity index (χ1) is 22.3. The molecule has 0 aromatic heterocycles. The van der Waals surface area contributed by atoms with E-state index in [-0.39, 0.29) is 13.0 Å². The van der Waals surface area contributed by atoms with Gasteiger partial charge in [0, 0.05) is 6.42 Å². The van der Waals surface area contributed by atoms with Crippen LogP contribution in [0.1, 0.15) is 169 Å². The molecule has 1 saturated heterocycles. The van der Waals surface area contributed by atoms with Crippen molar-refractivity contribution in [2.24, 2.45) is 40.4 Å². The van der Waals surface area contributed by atoms with E-state index in [0.29, 0.717) is 36.0 Å². The fourth-order valence-electron chi connectivity index (χ4n) is 12.7. The molecule has 0 radical (unpaired) electrons. The summed E-state index contributed by atoms with van der Waals surface area (Å²) in [6.07, 6.45) is 19.2. The molecule has 0 aromatic carbocycles. The predicted octanol–water partition coefficient (Wildman–Crippen LogP) is 9.14. The van der Waals surface area contributed by atoms with Crippen LogP contribution < -0.4 is 0 Å². The molecule has 4 N–H and O–H groups in total. The van der Waals surface area contributed by atoms with Crippen LogP contribution in [0.3, 0.4) is 0 Å². The molecule has 5 rings (SSSR count). The summed E-state index contributed by atoms with van der Waals surface area (Å²) < 4.78 is 26.9. The fourth-order valence-corrected chi connectivity index (χ4v) is 14.6. The van der Waals surface area contributed by atoms with Gasteiger partial charge in [-0.3, -0.25) is 4.57 Å². The van der Waals surface area contributed by atoms with Crippen LogP contribution in [0.4, 0.5) is 0 Å². The first-order valence-corrected chi connectivity index (χ1v) is 21.6. The first kappa shape index (κ1) is 38.2. The van der Waals surface area contributed by atoms with E-state index in [1.165, 1.54) is 70.6 Å². The van der Waals surface area contributed by atoms with Crippen molar-refractivity contribution in [2.45, 2.75) is 199 Å². The smallest absolute Gasteiger partial charge is 0.332 e. The first-order valence-electron chi connectivity index (χ1n) is 20.0. The van der Waals surface area contributed by atoms with Gasteiger partial charge in [0.05, 0.1) is 23.5 Å². The number of fused-ring (bicyclic) bond motifs is 5. The third kappa shape index (κ3) is 7.22. The maximum atomic E-state index is 14.0. The van der Waals surface area contributed by atoms with Crippen molar-refractivity contribution in [3.63, 3.8) is 0 Å². The van der Waals surface area contributed by atoms with Gasteiger partial charge < -0.3 is 29.5 Å². The number of unbranched alkanes of at least 4 members (excludes halogenated alkanes) is 7. The van der Waals surface area contributed by atoms with E-state index in [4.69, 9.17) is 9.47 Å². The molecule has 1 aliphatic heterocycles. The maximum absolute atomic E-state index is 14.0. The Bertz CT molecular complexity index is 1070. The lowest BCUT2D eigenvalue weighted by molar-refractivity contribution is -0.239. The van der Waals surface area contributed by atoms with Crippen molar-refractivity contribution >= 4 is 7.60 Å². The molecule has 12 atom stereocenters. The van der Waals surface area contributed by atoms with E-state index >= 15 is 0 Å². The van der Waals surface area contributed by atoms with E-state index in [0.717, 1.165) is 56.8 Å². The van der Waals surface area contributed by atoms with Crippen molar-refractivity contribution in [2.75, 3.05) is 6.61 Å². The summed E-state index contributed by atoms with van der Waals surface area (Å²) in [5.74, 6) is 3.02. The number of aliphatic hydroxyl groups is 2. The van der Waals surface area contributed by atoms with Gasteiger partial charge in [0.15, 0.2) is 6.29 Å². The van der Waals surface area contributed by atoms with Gasteiger partial charge in [-0.1, -0.05) is 98.8 Å². The Kier molecular flexibility index (Phi) is 12.4. The van der Waals surface area contributed by atoms with Gasteiger partial charge >= 0.3 is 7.60 Å². The van der Waals surface area contributed by atoms with E-state index < -0.39 is 42.3 Å². The zero-order chi connectivity index (χ0) is 34.1. The van der Waals surface area contributed by atoms with Crippen molar-refractivity contribution in [3.05, 3.63) is 0 Å². The standard InChI is InChI=1S/C39H71O7P/c1-6-8-9-10-11-12-13-14-20-38(46-35-25-33(41)34(26-40)45-35)24-23-37(5)32-19-21-36(4)30(28(3)15-7-2)16-17-31(36)29(32)18-22-39(37,27-38)47(42,43)44/h28-35,40-41H,6-27H2,1-5H3,(H2,42,43,44)/t28-,29?,30-,31?,32?,33-,34+,35?,36-,37-,38?,39?/m1/s1. The van der Waals surface area contributed by atoms with Crippen LogP contribution >= 0.6 is 7.60 Å². The molecule has 5 fully saturated rings. The Morgan fingerprint density at radius 1 is 0.872 bits per heavy atom. The number of ether oxygens (including phenoxy) is 2. The average molecular weight is 683 g/mol. The minimum absolute atomic E-state index is 0.266. The molecule has 47 heavy (non-hydrogen) atoms. The minimum Gasteiger partial charge on any atom is -0.394 e. The van der Waals surface area contributed by atoms with Crippen LogP contribution in [0.15, 0.2) is 0 Å². The lowest BCUT2D eigenvalue weighted by Gasteiger charge is -2.67. The Balaban J connectivity index is 1.38. The summed E-state index contributed by atoms with van der Waals surface area (Å²) in [5, 5.41) is 19.2. The second-order valence-corrected chi connectivity index (χ2v) is 19.6. The van der Waals surface area contributed by atoms with Crippen molar-refractivity contribution in [1.82, 2.24) is 0 Å². The highest BCUT2D eigenvalue weighted by atomic mass is 31.2. The van der Waals surface area contributed by atoms with Crippen LogP contribution in [0.2, 0.25) is 0 Å². The van der Waals surface area contributed by atoms with Crippen molar-refractivity contribution in [3.8, 4) is 0 Å².